The van der Waals surface area contributed by atoms with Crippen LogP contribution < -0.4 is 5.32 Å². The molecule has 226 valence electrons. The molecule has 2 atom stereocenters. The third kappa shape index (κ3) is 6.51. The van der Waals surface area contributed by atoms with Crippen LogP contribution in [-0.2, 0) is 22.7 Å². The van der Waals surface area contributed by atoms with E-state index in [2.05, 4.69) is 11.9 Å². The molecule has 3 aliphatic rings. The average Bonchev–Trinajstić information content (AvgIpc) is 2.98. The summed E-state index contributed by atoms with van der Waals surface area (Å²) in [5, 5.41) is 26.9. The molecule has 0 saturated carbocycles. The van der Waals surface area contributed by atoms with Crippen molar-refractivity contribution < 1.29 is 33.4 Å². The summed E-state index contributed by atoms with van der Waals surface area (Å²) in [6, 6.07) is 10.5. The predicted molar refractivity (Wildman–Crippen MR) is 152 cm³/mol. The van der Waals surface area contributed by atoms with Crippen molar-refractivity contribution in [2.45, 2.75) is 43.4 Å². The van der Waals surface area contributed by atoms with Gasteiger partial charge in [0.1, 0.15) is 29.4 Å². The van der Waals surface area contributed by atoms with Crippen LogP contribution in [0.2, 0.25) is 0 Å². The fraction of sp³-hybridized carbons (Fsp3) is 0.323. The Kier molecular flexibility index (Phi) is 8.71. The van der Waals surface area contributed by atoms with Gasteiger partial charge >= 0.3 is 6.03 Å². The maximum atomic E-state index is 14.7. The van der Waals surface area contributed by atoms with Gasteiger partial charge in [-0.2, -0.15) is 0 Å². The van der Waals surface area contributed by atoms with Crippen LogP contribution in [0.3, 0.4) is 0 Å². The molecule has 2 aliphatic heterocycles. The van der Waals surface area contributed by atoms with Crippen molar-refractivity contribution in [2.24, 2.45) is 0 Å². The molecule has 0 aromatic heterocycles. The number of hydrogen-bond donors (Lipinski definition) is 3. The minimum Gasteiger partial charge on any atom is -0.385 e. The van der Waals surface area contributed by atoms with E-state index in [4.69, 9.17) is 0 Å². The highest BCUT2D eigenvalue weighted by molar-refractivity contribution is 5.91. The lowest BCUT2D eigenvalue weighted by Gasteiger charge is -2.55. The molecule has 2 aromatic rings. The second kappa shape index (κ2) is 12.5. The van der Waals surface area contributed by atoms with Crippen molar-refractivity contribution in [3.8, 4) is 0 Å². The van der Waals surface area contributed by atoms with Gasteiger partial charge in [0.2, 0.25) is 11.8 Å². The van der Waals surface area contributed by atoms with Gasteiger partial charge in [-0.3, -0.25) is 9.59 Å². The van der Waals surface area contributed by atoms with Crippen molar-refractivity contribution in [1.29, 1.82) is 0 Å². The van der Waals surface area contributed by atoms with Crippen LogP contribution in [0.1, 0.15) is 17.5 Å². The number of hydrogen-bond acceptors (Lipinski definition) is 6. The van der Waals surface area contributed by atoms with Crippen LogP contribution in [0.15, 0.2) is 85.5 Å². The van der Waals surface area contributed by atoms with E-state index in [1.165, 1.54) is 50.2 Å². The highest BCUT2D eigenvalue weighted by Crippen LogP contribution is 2.33. The zero-order valence-corrected chi connectivity index (χ0v) is 23.4. The first-order valence-corrected chi connectivity index (χ1v) is 13.9. The van der Waals surface area contributed by atoms with Crippen molar-refractivity contribution >= 4 is 17.8 Å². The van der Waals surface area contributed by atoms with E-state index in [9.17, 15) is 33.4 Å². The largest absolute Gasteiger partial charge is 0.385 e. The molecule has 0 radical (unpaired) electrons. The van der Waals surface area contributed by atoms with E-state index >= 15 is 0 Å². The molecule has 2 saturated heterocycles. The Morgan fingerprint density at radius 2 is 1.84 bits per heavy atom. The van der Waals surface area contributed by atoms with Gasteiger partial charge in [0.05, 0.1) is 19.2 Å². The third-order valence-electron chi connectivity index (χ3n) is 7.73. The van der Waals surface area contributed by atoms with Gasteiger partial charge in [-0.25, -0.2) is 23.6 Å². The summed E-state index contributed by atoms with van der Waals surface area (Å²) in [4.78, 5) is 43.9. The van der Waals surface area contributed by atoms with Gasteiger partial charge in [0.25, 0.3) is 0 Å². The number of carbonyl (C=O) groups excluding carboxylic acids is 3. The lowest BCUT2D eigenvalue weighted by molar-refractivity contribution is -0.191. The number of amides is 4. The van der Waals surface area contributed by atoms with Gasteiger partial charge in [-0.15, -0.1) is 6.58 Å². The molecular formula is C31H33F2N5O5. The fourth-order valence-corrected chi connectivity index (χ4v) is 5.65. The minimum atomic E-state index is -1.69. The van der Waals surface area contributed by atoms with Crippen LogP contribution in [0, 0.1) is 11.6 Å². The highest BCUT2D eigenvalue weighted by atomic mass is 19.1. The topological polar surface area (TPSA) is 117 Å². The van der Waals surface area contributed by atoms with Gasteiger partial charge in [0, 0.05) is 37.7 Å². The molecule has 2 fully saturated rings. The summed E-state index contributed by atoms with van der Waals surface area (Å²) in [6.07, 6.45) is 4.76. The van der Waals surface area contributed by atoms with E-state index in [0.717, 1.165) is 17.7 Å². The zero-order valence-electron chi connectivity index (χ0n) is 23.4. The van der Waals surface area contributed by atoms with E-state index in [-0.39, 0.29) is 44.7 Å². The first-order valence-electron chi connectivity index (χ1n) is 13.9. The van der Waals surface area contributed by atoms with Gasteiger partial charge in [0.15, 0.2) is 0 Å². The Labute approximate surface area is 247 Å². The van der Waals surface area contributed by atoms with Crippen LogP contribution >= 0.6 is 0 Å². The quantitative estimate of drug-likeness (QED) is 0.404. The summed E-state index contributed by atoms with van der Waals surface area (Å²) >= 11 is 0. The highest BCUT2D eigenvalue weighted by Gasteiger charge is 2.52. The number of hydrazine groups is 1. The monoisotopic (exact) mass is 593 g/mol. The number of fused-ring (bicyclic) bond motifs is 1. The van der Waals surface area contributed by atoms with E-state index < -0.39 is 53.4 Å². The summed E-state index contributed by atoms with van der Waals surface area (Å²) in [6.45, 7) is 3.42. The molecule has 1 aliphatic carbocycles. The normalized spacial score (nSPS) is 25.6. The molecule has 2 heterocycles. The smallest absolute Gasteiger partial charge is 0.334 e. The maximum Gasteiger partial charge on any atom is 0.334 e. The number of aliphatic hydroxyl groups is 2. The Hall–Kier alpha value is -4.39. The Morgan fingerprint density at radius 3 is 2.51 bits per heavy atom. The zero-order chi connectivity index (χ0) is 30.7. The second-order valence-corrected chi connectivity index (χ2v) is 10.8. The number of rotatable bonds is 8. The Bertz CT molecular complexity index is 1440. The third-order valence-corrected chi connectivity index (χ3v) is 7.73. The standard InChI is InChI=1S/C31H33F2N5O5/c1-2-14-36-20-28(40)37-26(16-31(43)12-10-24(39)11-13-31)29(41)35(18-22-8-9-23(32)15-25(22)33)19-27(37)38(36)30(42)34-17-21-6-4-3-5-7-21/h2-13,15,24,26-27,39,43H,1,14,16-20H2,(H,34,42)/t24?,26-,27-,31?/m0/s1. The number of nitrogens with one attached hydrogen (secondary N) is 1. The van der Waals surface area contributed by atoms with Crippen LogP contribution in [0.4, 0.5) is 13.6 Å². The summed E-state index contributed by atoms with van der Waals surface area (Å²) in [5.74, 6) is -2.63. The number of aliphatic hydroxyl groups excluding tert-OH is 1. The van der Waals surface area contributed by atoms with E-state index in [0.29, 0.717) is 0 Å². The number of piperazine rings is 1. The molecule has 4 amide bonds. The molecule has 3 N–H and O–H groups in total. The Balaban J connectivity index is 1.51. The molecule has 43 heavy (non-hydrogen) atoms. The van der Waals surface area contributed by atoms with E-state index in [1.54, 1.807) is 6.08 Å². The first kappa shape index (κ1) is 30.1. The molecular weight excluding hydrogens is 560 g/mol. The number of nitrogens with zero attached hydrogens (tertiary/aromatic N) is 4. The number of carbonyl (C=O) groups is 3. The van der Waals surface area contributed by atoms with Crippen molar-refractivity contribution in [3.05, 3.63) is 108 Å². The molecule has 5 rings (SSSR count). The first-order chi connectivity index (χ1) is 20.6. The number of halogens is 2. The minimum absolute atomic E-state index is 0.0476. The molecule has 0 spiro atoms. The van der Waals surface area contributed by atoms with Crippen LogP contribution in [-0.4, -0.2) is 91.4 Å². The number of urea groups is 1. The van der Waals surface area contributed by atoms with Crippen LogP contribution in [0.25, 0.3) is 0 Å². The lowest BCUT2D eigenvalue weighted by Crippen LogP contribution is -2.76. The van der Waals surface area contributed by atoms with Gasteiger partial charge in [-0.05, 0) is 11.6 Å². The van der Waals surface area contributed by atoms with E-state index in [1.807, 2.05) is 30.3 Å². The number of benzene rings is 2. The van der Waals surface area contributed by atoms with Gasteiger partial charge < -0.3 is 25.3 Å². The predicted octanol–water partition coefficient (Wildman–Crippen LogP) is 2.07. The molecule has 0 bridgehead atoms. The maximum absolute atomic E-state index is 14.7. The SMILES string of the molecule is C=CCN1CC(=O)N2[C@@H](CC3(O)C=CC(O)C=C3)C(=O)N(Cc3ccc(F)cc3F)C[C@@H]2N1C(=O)NCc1ccccc1. The van der Waals surface area contributed by atoms with Crippen molar-refractivity contribution in [2.75, 3.05) is 19.6 Å². The summed E-state index contributed by atoms with van der Waals surface area (Å²) in [7, 11) is 0. The Morgan fingerprint density at radius 1 is 1.12 bits per heavy atom. The molecule has 10 nitrogen and oxygen atoms in total. The second-order valence-electron chi connectivity index (χ2n) is 10.8. The van der Waals surface area contributed by atoms with Crippen molar-refractivity contribution in [3.63, 3.8) is 0 Å². The molecule has 2 aromatic carbocycles. The lowest BCUT2D eigenvalue weighted by atomic mass is 9.87. The fourth-order valence-electron chi connectivity index (χ4n) is 5.65. The molecule has 0 unspecified atom stereocenters. The van der Waals surface area contributed by atoms with Gasteiger partial charge in [-0.1, -0.05) is 66.8 Å². The van der Waals surface area contributed by atoms with Crippen LogP contribution in [0.5, 0.6) is 0 Å². The summed E-state index contributed by atoms with van der Waals surface area (Å²) < 4.78 is 28.3. The average molecular weight is 594 g/mol. The summed E-state index contributed by atoms with van der Waals surface area (Å²) in [5.41, 5.74) is -0.791. The van der Waals surface area contributed by atoms with Crippen molar-refractivity contribution in [1.82, 2.24) is 25.1 Å². The molecule has 12 heteroatoms.